The number of ether oxygens (including phenoxy) is 1. The first-order valence-electron chi connectivity index (χ1n) is 8.89. The molecule has 6 nitrogen and oxygen atoms in total. The lowest BCUT2D eigenvalue weighted by molar-refractivity contribution is -0.145. The summed E-state index contributed by atoms with van der Waals surface area (Å²) in [4.78, 5) is 24.8. The van der Waals surface area contributed by atoms with E-state index < -0.39 is 42.8 Å². The van der Waals surface area contributed by atoms with Gasteiger partial charge in [0.2, 0.25) is 0 Å². The van der Waals surface area contributed by atoms with Crippen LogP contribution in [-0.4, -0.2) is 36.2 Å². The molecule has 1 fully saturated rings. The van der Waals surface area contributed by atoms with Gasteiger partial charge in [-0.2, -0.15) is 0 Å². The van der Waals surface area contributed by atoms with Crippen LogP contribution < -0.4 is 0 Å². The van der Waals surface area contributed by atoms with Gasteiger partial charge in [-0.3, -0.25) is 9.36 Å². The van der Waals surface area contributed by atoms with E-state index in [4.69, 9.17) is 13.8 Å². The topological polar surface area (TPSA) is 78.9 Å². The molecule has 2 rings (SSSR count). The monoisotopic (exact) mass is 382 g/mol. The van der Waals surface area contributed by atoms with Crippen molar-refractivity contribution in [3.8, 4) is 0 Å². The number of carbonyl (C=O) groups is 2. The van der Waals surface area contributed by atoms with Crippen LogP contribution in [0, 0.1) is 5.92 Å². The molecule has 144 valence electrons. The zero-order chi connectivity index (χ0) is 19.5. The summed E-state index contributed by atoms with van der Waals surface area (Å²) in [5, 5.41) is -1.65. The summed E-state index contributed by atoms with van der Waals surface area (Å²) in [5.41, 5.74) is 0.734. The summed E-state index contributed by atoms with van der Waals surface area (Å²) in [5.74, 6) is -2.15. The highest BCUT2D eigenvalue weighted by Crippen LogP contribution is 2.80. The fourth-order valence-electron chi connectivity index (χ4n) is 3.43. The van der Waals surface area contributed by atoms with Gasteiger partial charge in [0, 0.05) is 5.92 Å². The Balaban J connectivity index is 2.63. The van der Waals surface area contributed by atoms with E-state index >= 15 is 0 Å². The second kappa shape index (κ2) is 8.03. The van der Waals surface area contributed by atoms with E-state index in [0.29, 0.717) is 6.29 Å². The maximum Gasteiger partial charge on any atom is 0.349 e. The van der Waals surface area contributed by atoms with E-state index in [1.165, 1.54) is 0 Å². The maximum atomic E-state index is 13.9. The van der Waals surface area contributed by atoms with Crippen LogP contribution in [0.25, 0.3) is 0 Å². The Morgan fingerprint density at radius 1 is 1.15 bits per heavy atom. The number of hydrogen-bond donors (Lipinski definition) is 0. The molecular formula is C19H27O6P. The third-order valence-electron chi connectivity index (χ3n) is 4.29. The van der Waals surface area contributed by atoms with Gasteiger partial charge in [0.25, 0.3) is 0 Å². The smallest absolute Gasteiger partial charge is 0.349 e. The van der Waals surface area contributed by atoms with E-state index in [-0.39, 0.29) is 6.61 Å². The lowest BCUT2D eigenvalue weighted by atomic mass is 10.1. The third-order valence-corrected chi connectivity index (χ3v) is 7.36. The molecule has 0 bridgehead atoms. The second-order valence-electron chi connectivity index (χ2n) is 6.90. The second-order valence-corrected chi connectivity index (χ2v) is 9.06. The molecule has 1 saturated carbocycles. The van der Waals surface area contributed by atoms with Crippen LogP contribution in [0.5, 0.6) is 0 Å². The molecule has 0 heterocycles. The molecule has 1 aliphatic rings. The number of hydrogen-bond acceptors (Lipinski definition) is 6. The first-order valence-corrected chi connectivity index (χ1v) is 10.4. The first kappa shape index (κ1) is 20.8. The largest absolute Gasteiger partial charge is 0.465 e. The van der Waals surface area contributed by atoms with Crippen molar-refractivity contribution < 1.29 is 27.9 Å². The van der Waals surface area contributed by atoms with Crippen LogP contribution in [0.1, 0.15) is 46.1 Å². The summed E-state index contributed by atoms with van der Waals surface area (Å²) in [7, 11) is -4.01. The molecule has 0 spiro atoms. The minimum Gasteiger partial charge on any atom is -0.465 e. The molecule has 1 aromatic carbocycles. The minimum absolute atomic E-state index is 0.108. The number of aldehydes is 1. The van der Waals surface area contributed by atoms with Gasteiger partial charge in [0.15, 0.2) is 5.16 Å². The van der Waals surface area contributed by atoms with Gasteiger partial charge in [0.1, 0.15) is 6.29 Å². The van der Waals surface area contributed by atoms with Crippen molar-refractivity contribution in [2.75, 3.05) is 6.61 Å². The third kappa shape index (κ3) is 3.51. The van der Waals surface area contributed by atoms with Crippen molar-refractivity contribution in [2.24, 2.45) is 5.92 Å². The standard InChI is InChI=1S/C19H27O6P/c1-6-23-18(21)19(26(22,24-13(2)3)25-14(4)5)16(12-20)17(19)15-10-8-7-9-11-15/h7-14,16-17H,6H2,1-5H3/t16-,17-,19-/m1/s1. The molecule has 1 aromatic rings. The maximum absolute atomic E-state index is 13.9. The van der Waals surface area contributed by atoms with Gasteiger partial charge in [-0.25, -0.2) is 0 Å². The van der Waals surface area contributed by atoms with Gasteiger partial charge in [-0.1, -0.05) is 30.3 Å². The average molecular weight is 382 g/mol. The molecule has 0 saturated heterocycles. The van der Waals surface area contributed by atoms with Crippen LogP contribution in [0.3, 0.4) is 0 Å². The fraction of sp³-hybridized carbons (Fsp3) is 0.579. The molecule has 7 heteroatoms. The van der Waals surface area contributed by atoms with Crippen molar-refractivity contribution in [3.05, 3.63) is 35.9 Å². The SMILES string of the molecule is CCOC(=O)[C@@]1(P(=O)(OC(C)C)OC(C)C)[C@H](C=O)[C@H]1c1ccccc1. The molecule has 26 heavy (non-hydrogen) atoms. The van der Waals surface area contributed by atoms with E-state index in [0.717, 1.165) is 5.56 Å². The van der Waals surface area contributed by atoms with E-state index in [1.807, 2.05) is 18.2 Å². The predicted molar refractivity (Wildman–Crippen MR) is 98.1 cm³/mol. The molecular weight excluding hydrogens is 355 g/mol. The number of rotatable bonds is 9. The van der Waals surface area contributed by atoms with E-state index in [1.54, 1.807) is 46.8 Å². The van der Waals surface area contributed by atoms with Gasteiger partial charge in [-0.15, -0.1) is 0 Å². The number of carbonyl (C=O) groups excluding carboxylic acids is 2. The van der Waals surface area contributed by atoms with Gasteiger partial charge in [0.05, 0.1) is 24.7 Å². The van der Waals surface area contributed by atoms with Crippen molar-refractivity contribution in [1.29, 1.82) is 0 Å². The van der Waals surface area contributed by atoms with Crippen molar-refractivity contribution >= 4 is 19.9 Å². The minimum atomic E-state index is -4.01. The number of esters is 1. The summed E-state index contributed by atoms with van der Waals surface area (Å²) in [6.07, 6.45) is -0.236. The molecule has 1 aliphatic carbocycles. The molecule has 0 aliphatic heterocycles. The lowest BCUT2D eigenvalue weighted by Crippen LogP contribution is -2.33. The number of benzene rings is 1. The zero-order valence-electron chi connectivity index (χ0n) is 15.9. The molecule has 0 N–H and O–H groups in total. The average Bonchev–Trinajstić information content (AvgIpc) is 3.25. The molecule has 3 atom stereocenters. The van der Waals surface area contributed by atoms with Crippen molar-refractivity contribution in [1.82, 2.24) is 0 Å². The Bertz CT molecular complexity index is 673. The van der Waals surface area contributed by atoms with E-state index in [2.05, 4.69) is 0 Å². The van der Waals surface area contributed by atoms with Gasteiger partial charge < -0.3 is 18.6 Å². The van der Waals surface area contributed by atoms with Crippen LogP contribution >= 0.6 is 7.60 Å². The highest BCUT2D eigenvalue weighted by molar-refractivity contribution is 7.57. The Morgan fingerprint density at radius 3 is 2.12 bits per heavy atom. The fourth-order valence-corrected chi connectivity index (χ4v) is 6.38. The van der Waals surface area contributed by atoms with Crippen molar-refractivity contribution in [2.45, 2.75) is 57.9 Å². The van der Waals surface area contributed by atoms with E-state index in [9.17, 15) is 14.2 Å². The Hall–Kier alpha value is -1.49. The van der Waals surface area contributed by atoms with Crippen molar-refractivity contribution in [3.63, 3.8) is 0 Å². The summed E-state index contributed by atoms with van der Waals surface area (Å²) < 4.78 is 30.5. The summed E-state index contributed by atoms with van der Waals surface area (Å²) >= 11 is 0. The normalized spacial score (nSPS) is 25.3. The molecule has 0 unspecified atom stereocenters. The van der Waals surface area contributed by atoms with Crippen LogP contribution in [0.2, 0.25) is 0 Å². The summed E-state index contributed by atoms with van der Waals surface area (Å²) in [6.45, 7) is 8.63. The lowest BCUT2D eigenvalue weighted by Gasteiger charge is -2.29. The zero-order valence-corrected chi connectivity index (χ0v) is 16.8. The molecule has 0 aromatic heterocycles. The van der Waals surface area contributed by atoms with Crippen LogP contribution in [0.15, 0.2) is 30.3 Å². The predicted octanol–water partition coefficient (Wildman–Crippen LogP) is 3.94. The highest BCUT2D eigenvalue weighted by Gasteiger charge is 2.82. The molecule has 0 amide bonds. The van der Waals surface area contributed by atoms with Crippen LogP contribution in [0.4, 0.5) is 0 Å². The Labute approximate surface area is 154 Å². The summed E-state index contributed by atoms with van der Waals surface area (Å²) in [6, 6.07) is 9.06. The highest BCUT2D eigenvalue weighted by atomic mass is 31.2. The van der Waals surface area contributed by atoms with Gasteiger partial charge >= 0.3 is 13.6 Å². The van der Waals surface area contributed by atoms with Gasteiger partial charge in [-0.05, 0) is 40.2 Å². The quantitative estimate of drug-likeness (QED) is 0.366. The van der Waals surface area contributed by atoms with Crippen LogP contribution in [-0.2, 0) is 27.9 Å². The Morgan fingerprint density at radius 2 is 1.69 bits per heavy atom. The first-order chi connectivity index (χ1) is 12.2. The molecule has 0 radical (unpaired) electrons. The Kier molecular flexibility index (Phi) is 6.43.